The second kappa shape index (κ2) is 8.70. The number of benzene rings is 1. The maximum Gasteiger partial charge on any atom is 0.123 e. The minimum absolute atomic E-state index is 0.825. The average molecular weight is 316 g/mol. The van der Waals surface area contributed by atoms with Crippen LogP contribution in [0.15, 0.2) is 30.6 Å². The molecule has 1 N–H and O–H groups in total. The number of nitrogens with one attached hydrogen (secondary N) is 1. The monoisotopic (exact) mass is 316 g/mol. The van der Waals surface area contributed by atoms with E-state index < -0.39 is 0 Å². The first kappa shape index (κ1) is 17.5. The van der Waals surface area contributed by atoms with Crippen molar-refractivity contribution in [2.24, 2.45) is 7.05 Å². The lowest BCUT2D eigenvalue weighted by molar-refractivity contribution is 0.289. The largest absolute Gasteiger partial charge is 0.496 e. The Balaban J connectivity index is 1.98. The van der Waals surface area contributed by atoms with Gasteiger partial charge in [0, 0.05) is 44.0 Å². The highest BCUT2D eigenvalue weighted by molar-refractivity contribution is 5.37. The van der Waals surface area contributed by atoms with Crippen molar-refractivity contribution in [2.45, 2.75) is 33.5 Å². The maximum absolute atomic E-state index is 5.51. The number of methoxy groups -OCH3 is 1. The molecule has 1 heterocycles. The van der Waals surface area contributed by atoms with Crippen molar-refractivity contribution in [1.82, 2.24) is 20.0 Å². The number of aryl methyl sites for hydroxylation is 1. The highest BCUT2D eigenvalue weighted by atomic mass is 16.5. The number of nitrogens with zero attached hydrogens (tertiary/aromatic N) is 3. The van der Waals surface area contributed by atoms with E-state index in [1.807, 2.05) is 24.1 Å². The van der Waals surface area contributed by atoms with E-state index in [1.165, 1.54) is 16.7 Å². The fourth-order valence-corrected chi connectivity index (χ4v) is 2.67. The Hall–Kier alpha value is -1.85. The van der Waals surface area contributed by atoms with E-state index in [0.717, 1.165) is 38.5 Å². The third-order valence-electron chi connectivity index (χ3n) is 4.05. The van der Waals surface area contributed by atoms with E-state index in [4.69, 9.17) is 4.74 Å². The zero-order valence-corrected chi connectivity index (χ0v) is 14.7. The van der Waals surface area contributed by atoms with Gasteiger partial charge in [0.15, 0.2) is 0 Å². The van der Waals surface area contributed by atoms with Gasteiger partial charge in [-0.3, -0.25) is 9.58 Å². The molecule has 0 unspecified atom stereocenters. The van der Waals surface area contributed by atoms with Gasteiger partial charge in [-0.15, -0.1) is 0 Å². The molecule has 0 amide bonds. The quantitative estimate of drug-likeness (QED) is 0.772. The number of hydrogen-bond acceptors (Lipinski definition) is 4. The van der Waals surface area contributed by atoms with Crippen LogP contribution < -0.4 is 10.1 Å². The summed E-state index contributed by atoms with van der Waals surface area (Å²) in [5, 5.41) is 7.65. The van der Waals surface area contributed by atoms with Crippen molar-refractivity contribution in [3.8, 4) is 5.75 Å². The predicted molar refractivity (Wildman–Crippen MR) is 93.4 cm³/mol. The van der Waals surface area contributed by atoms with Gasteiger partial charge in [0.2, 0.25) is 0 Å². The molecule has 0 atom stereocenters. The molecular formula is C18H28N4O. The van der Waals surface area contributed by atoms with Gasteiger partial charge in [-0.05, 0) is 30.8 Å². The number of rotatable bonds is 9. The summed E-state index contributed by atoms with van der Waals surface area (Å²) < 4.78 is 7.33. The predicted octanol–water partition coefficient (Wildman–Crippen LogP) is 2.56. The van der Waals surface area contributed by atoms with E-state index in [2.05, 4.69) is 47.4 Å². The molecule has 0 saturated carbocycles. The van der Waals surface area contributed by atoms with Gasteiger partial charge in [0.25, 0.3) is 0 Å². The van der Waals surface area contributed by atoms with Gasteiger partial charge in [-0.1, -0.05) is 19.9 Å². The number of hydrogen-bond donors (Lipinski definition) is 1. The molecule has 0 aliphatic heterocycles. The average Bonchev–Trinajstić information content (AvgIpc) is 2.98. The van der Waals surface area contributed by atoms with E-state index in [9.17, 15) is 0 Å². The zero-order chi connectivity index (χ0) is 16.7. The fourth-order valence-electron chi connectivity index (χ4n) is 2.67. The highest BCUT2D eigenvalue weighted by Crippen LogP contribution is 2.21. The van der Waals surface area contributed by atoms with Crippen LogP contribution in [-0.2, 0) is 26.7 Å². The molecule has 0 saturated heterocycles. The van der Waals surface area contributed by atoms with E-state index in [0.29, 0.717) is 0 Å². The molecule has 5 nitrogen and oxygen atoms in total. The van der Waals surface area contributed by atoms with Crippen LogP contribution in [-0.4, -0.2) is 34.9 Å². The Bertz CT molecular complexity index is 605. The molecule has 0 radical (unpaired) electrons. The zero-order valence-electron chi connectivity index (χ0n) is 14.7. The Morgan fingerprint density at radius 2 is 1.91 bits per heavy atom. The number of ether oxygens (including phenoxy) is 1. The Kier molecular flexibility index (Phi) is 6.62. The summed E-state index contributed by atoms with van der Waals surface area (Å²) in [6.45, 7) is 9.05. The second-order valence-corrected chi connectivity index (χ2v) is 5.73. The van der Waals surface area contributed by atoms with Gasteiger partial charge in [-0.25, -0.2) is 0 Å². The summed E-state index contributed by atoms with van der Waals surface area (Å²) in [7, 11) is 3.67. The molecule has 2 aromatic rings. The lowest BCUT2D eigenvalue weighted by atomic mass is 10.1. The molecule has 0 spiro atoms. The van der Waals surface area contributed by atoms with Gasteiger partial charge in [0.1, 0.15) is 5.75 Å². The molecular weight excluding hydrogens is 288 g/mol. The van der Waals surface area contributed by atoms with Crippen molar-refractivity contribution < 1.29 is 4.74 Å². The van der Waals surface area contributed by atoms with E-state index in [-0.39, 0.29) is 0 Å². The SMILES string of the molecule is CCN(CC)Cc1cc(CNCc2cnn(C)c2)ccc1OC. The second-order valence-electron chi connectivity index (χ2n) is 5.73. The molecule has 1 aromatic carbocycles. The van der Waals surface area contributed by atoms with Crippen LogP contribution in [0.25, 0.3) is 0 Å². The first-order valence-corrected chi connectivity index (χ1v) is 8.22. The summed E-state index contributed by atoms with van der Waals surface area (Å²) in [6, 6.07) is 6.44. The minimum Gasteiger partial charge on any atom is -0.496 e. The first-order chi connectivity index (χ1) is 11.2. The lowest BCUT2D eigenvalue weighted by Crippen LogP contribution is -2.22. The Morgan fingerprint density at radius 3 is 2.52 bits per heavy atom. The van der Waals surface area contributed by atoms with Crippen molar-refractivity contribution >= 4 is 0 Å². The van der Waals surface area contributed by atoms with Gasteiger partial charge >= 0.3 is 0 Å². The smallest absolute Gasteiger partial charge is 0.123 e. The standard InChI is InChI=1S/C18H28N4O/c1-5-22(6-2)14-17-9-15(7-8-18(17)23-4)10-19-11-16-12-20-21(3)13-16/h7-9,12-13,19H,5-6,10-11,14H2,1-4H3. The molecule has 23 heavy (non-hydrogen) atoms. The summed E-state index contributed by atoms with van der Waals surface area (Å²) in [5.41, 5.74) is 3.72. The number of aromatic nitrogens is 2. The topological polar surface area (TPSA) is 42.3 Å². The van der Waals surface area contributed by atoms with Gasteiger partial charge in [-0.2, -0.15) is 5.10 Å². The highest BCUT2D eigenvalue weighted by Gasteiger charge is 2.08. The third-order valence-corrected chi connectivity index (χ3v) is 4.05. The molecule has 0 fully saturated rings. The molecule has 5 heteroatoms. The van der Waals surface area contributed by atoms with Crippen LogP contribution >= 0.6 is 0 Å². The van der Waals surface area contributed by atoms with Crippen molar-refractivity contribution in [2.75, 3.05) is 20.2 Å². The van der Waals surface area contributed by atoms with E-state index in [1.54, 1.807) is 7.11 Å². The molecule has 0 aliphatic carbocycles. The Morgan fingerprint density at radius 1 is 1.17 bits per heavy atom. The van der Waals surface area contributed by atoms with Crippen molar-refractivity contribution in [3.63, 3.8) is 0 Å². The van der Waals surface area contributed by atoms with Crippen molar-refractivity contribution in [1.29, 1.82) is 0 Å². The normalized spacial score (nSPS) is 11.2. The van der Waals surface area contributed by atoms with Crippen LogP contribution in [0, 0.1) is 0 Å². The summed E-state index contributed by atoms with van der Waals surface area (Å²) >= 11 is 0. The van der Waals surface area contributed by atoms with Crippen LogP contribution in [0.3, 0.4) is 0 Å². The van der Waals surface area contributed by atoms with Crippen LogP contribution in [0.5, 0.6) is 5.75 Å². The van der Waals surface area contributed by atoms with Crippen LogP contribution in [0.1, 0.15) is 30.5 Å². The van der Waals surface area contributed by atoms with Gasteiger partial charge in [0.05, 0.1) is 13.3 Å². The summed E-state index contributed by atoms with van der Waals surface area (Å²) in [6.07, 6.45) is 3.93. The molecule has 0 aliphatic rings. The van der Waals surface area contributed by atoms with Crippen LogP contribution in [0.4, 0.5) is 0 Å². The Labute approximate surface area is 139 Å². The van der Waals surface area contributed by atoms with E-state index >= 15 is 0 Å². The first-order valence-electron chi connectivity index (χ1n) is 8.22. The van der Waals surface area contributed by atoms with Crippen LogP contribution in [0.2, 0.25) is 0 Å². The lowest BCUT2D eigenvalue weighted by Gasteiger charge is -2.20. The fraction of sp³-hybridized carbons (Fsp3) is 0.500. The van der Waals surface area contributed by atoms with Crippen molar-refractivity contribution in [3.05, 3.63) is 47.3 Å². The third kappa shape index (κ3) is 5.08. The molecule has 0 bridgehead atoms. The maximum atomic E-state index is 5.51. The summed E-state index contributed by atoms with van der Waals surface area (Å²) in [5.74, 6) is 0.966. The molecule has 1 aromatic heterocycles. The minimum atomic E-state index is 0.825. The summed E-state index contributed by atoms with van der Waals surface area (Å²) in [4.78, 5) is 2.39. The van der Waals surface area contributed by atoms with Gasteiger partial charge < -0.3 is 10.1 Å². The molecule has 2 rings (SSSR count). The molecule has 126 valence electrons.